The molecule has 0 aliphatic carbocycles. The Bertz CT molecular complexity index is 473. The Labute approximate surface area is 107 Å². The maximum atomic E-state index is 5.06. The molecule has 0 saturated carbocycles. The van der Waals surface area contributed by atoms with E-state index in [-0.39, 0.29) is 0 Å². The second-order valence-corrected chi connectivity index (χ2v) is 3.95. The molecule has 0 fully saturated rings. The number of hydrogen-bond acceptors (Lipinski definition) is 4. The van der Waals surface area contributed by atoms with Gasteiger partial charge in [0.05, 0.1) is 12.3 Å². The van der Waals surface area contributed by atoms with Crippen LogP contribution in [0.3, 0.4) is 0 Å². The van der Waals surface area contributed by atoms with Gasteiger partial charge < -0.3 is 10.1 Å². The van der Waals surface area contributed by atoms with Crippen LogP contribution >= 0.6 is 0 Å². The molecule has 18 heavy (non-hydrogen) atoms. The van der Waals surface area contributed by atoms with Gasteiger partial charge in [-0.2, -0.15) is 0 Å². The molecule has 94 valence electrons. The highest BCUT2D eigenvalue weighted by atomic mass is 16.5. The minimum Gasteiger partial charge on any atom is -0.378 e. The third-order valence-electron chi connectivity index (χ3n) is 2.51. The third kappa shape index (κ3) is 3.82. The SMILES string of the molecule is COCc1cccc(NCCc2ccccn2)n1. The molecular weight excluding hydrogens is 226 g/mol. The van der Waals surface area contributed by atoms with E-state index in [0.29, 0.717) is 6.61 Å². The molecule has 0 saturated heterocycles. The summed E-state index contributed by atoms with van der Waals surface area (Å²) in [5, 5.41) is 3.29. The molecule has 0 aromatic carbocycles. The highest BCUT2D eigenvalue weighted by Gasteiger charge is 1.98. The van der Waals surface area contributed by atoms with Crippen LogP contribution in [0.15, 0.2) is 42.6 Å². The van der Waals surface area contributed by atoms with Crippen molar-refractivity contribution in [3.63, 3.8) is 0 Å². The summed E-state index contributed by atoms with van der Waals surface area (Å²) in [6, 6.07) is 11.8. The van der Waals surface area contributed by atoms with E-state index in [9.17, 15) is 0 Å². The molecule has 0 aliphatic rings. The Morgan fingerprint density at radius 2 is 2.00 bits per heavy atom. The van der Waals surface area contributed by atoms with Crippen LogP contribution in [0, 0.1) is 0 Å². The molecule has 0 radical (unpaired) electrons. The molecule has 0 unspecified atom stereocenters. The molecule has 2 aromatic heterocycles. The molecule has 0 spiro atoms. The first kappa shape index (κ1) is 12.5. The van der Waals surface area contributed by atoms with Crippen molar-refractivity contribution in [2.45, 2.75) is 13.0 Å². The van der Waals surface area contributed by atoms with E-state index < -0.39 is 0 Å². The molecule has 0 aliphatic heterocycles. The Morgan fingerprint density at radius 3 is 2.78 bits per heavy atom. The summed E-state index contributed by atoms with van der Waals surface area (Å²) in [5.41, 5.74) is 2.01. The molecular formula is C14H17N3O. The van der Waals surface area contributed by atoms with Crippen LogP contribution in [0.5, 0.6) is 0 Å². The second-order valence-electron chi connectivity index (χ2n) is 3.95. The summed E-state index contributed by atoms with van der Waals surface area (Å²) in [4.78, 5) is 8.71. The number of rotatable bonds is 6. The van der Waals surface area contributed by atoms with Crippen LogP contribution in [0.25, 0.3) is 0 Å². The predicted octanol–water partition coefficient (Wildman–Crippen LogP) is 2.28. The molecule has 4 nitrogen and oxygen atoms in total. The van der Waals surface area contributed by atoms with Gasteiger partial charge in [-0.05, 0) is 24.3 Å². The van der Waals surface area contributed by atoms with Crippen molar-refractivity contribution >= 4 is 5.82 Å². The number of nitrogens with one attached hydrogen (secondary N) is 1. The number of anilines is 1. The zero-order valence-electron chi connectivity index (χ0n) is 10.5. The highest BCUT2D eigenvalue weighted by molar-refractivity contribution is 5.35. The Morgan fingerprint density at radius 1 is 1.11 bits per heavy atom. The lowest BCUT2D eigenvalue weighted by atomic mass is 10.2. The van der Waals surface area contributed by atoms with E-state index in [1.807, 2.05) is 42.6 Å². The Kier molecular flexibility index (Phi) is 4.67. The van der Waals surface area contributed by atoms with Crippen LogP contribution in [0.4, 0.5) is 5.82 Å². The van der Waals surface area contributed by atoms with Crippen LogP contribution in [0.2, 0.25) is 0 Å². The van der Waals surface area contributed by atoms with Crippen LogP contribution in [-0.4, -0.2) is 23.6 Å². The summed E-state index contributed by atoms with van der Waals surface area (Å²) >= 11 is 0. The van der Waals surface area contributed by atoms with Crippen LogP contribution in [0.1, 0.15) is 11.4 Å². The first-order valence-corrected chi connectivity index (χ1v) is 5.97. The zero-order chi connectivity index (χ0) is 12.6. The van der Waals surface area contributed by atoms with Crippen LogP contribution in [-0.2, 0) is 17.8 Å². The minimum atomic E-state index is 0.537. The lowest BCUT2D eigenvalue weighted by Gasteiger charge is -2.06. The number of pyridine rings is 2. The highest BCUT2D eigenvalue weighted by Crippen LogP contribution is 2.06. The number of ether oxygens (including phenoxy) is 1. The van der Waals surface area contributed by atoms with Gasteiger partial charge in [-0.25, -0.2) is 4.98 Å². The summed E-state index contributed by atoms with van der Waals surface area (Å²) < 4.78 is 5.06. The topological polar surface area (TPSA) is 47.0 Å². The van der Waals surface area contributed by atoms with Gasteiger partial charge in [0.15, 0.2) is 0 Å². The lowest BCUT2D eigenvalue weighted by molar-refractivity contribution is 0.181. The fraction of sp³-hybridized carbons (Fsp3) is 0.286. The maximum Gasteiger partial charge on any atom is 0.126 e. The third-order valence-corrected chi connectivity index (χ3v) is 2.51. The van der Waals surface area contributed by atoms with E-state index in [2.05, 4.69) is 15.3 Å². The maximum absolute atomic E-state index is 5.06. The van der Waals surface area contributed by atoms with Gasteiger partial charge >= 0.3 is 0 Å². The Balaban J connectivity index is 1.84. The molecule has 1 N–H and O–H groups in total. The van der Waals surface area contributed by atoms with E-state index in [1.165, 1.54) is 0 Å². The van der Waals surface area contributed by atoms with E-state index in [1.54, 1.807) is 7.11 Å². The van der Waals surface area contributed by atoms with Crippen molar-refractivity contribution in [3.8, 4) is 0 Å². The fourth-order valence-electron chi connectivity index (χ4n) is 1.67. The zero-order valence-corrected chi connectivity index (χ0v) is 10.5. The molecule has 0 atom stereocenters. The quantitative estimate of drug-likeness (QED) is 0.845. The van der Waals surface area contributed by atoms with Crippen molar-refractivity contribution in [2.75, 3.05) is 19.0 Å². The summed E-state index contributed by atoms with van der Waals surface area (Å²) in [5.74, 6) is 0.875. The standard InChI is InChI=1S/C14H17N3O/c1-18-11-13-6-4-7-14(17-13)16-10-8-12-5-2-3-9-15-12/h2-7,9H,8,10-11H2,1H3,(H,16,17). The molecule has 0 amide bonds. The van der Waals surface area contributed by atoms with Crippen LogP contribution < -0.4 is 5.32 Å². The monoisotopic (exact) mass is 243 g/mol. The number of nitrogens with zero attached hydrogens (tertiary/aromatic N) is 2. The van der Waals surface area contributed by atoms with Gasteiger partial charge in [0.2, 0.25) is 0 Å². The van der Waals surface area contributed by atoms with Gasteiger partial charge in [-0.1, -0.05) is 12.1 Å². The number of hydrogen-bond donors (Lipinski definition) is 1. The van der Waals surface area contributed by atoms with Gasteiger partial charge in [0, 0.05) is 32.0 Å². The van der Waals surface area contributed by atoms with E-state index in [0.717, 1.165) is 30.2 Å². The molecule has 2 rings (SSSR count). The van der Waals surface area contributed by atoms with Gasteiger partial charge in [-0.15, -0.1) is 0 Å². The van der Waals surface area contributed by atoms with Crippen molar-refractivity contribution < 1.29 is 4.74 Å². The van der Waals surface area contributed by atoms with E-state index in [4.69, 9.17) is 4.74 Å². The Hall–Kier alpha value is -1.94. The van der Waals surface area contributed by atoms with Crippen molar-refractivity contribution in [1.29, 1.82) is 0 Å². The average molecular weight is 243 g/mol. The smallest absolute Gasteiger partial charge is 0.126 e. The predicted molar refractivity (Wildman–Crippen MR) is 71.4 cm³/mol. The molecule has 2 heterocycles. The van der Waals surface area contributed by atoms with E-state index >= 15 is 0 Å². The van der Waals surface area contributed by atoms with Crippen molar-refractivity contribution in [1.82, 2.24) is 9.97 Å². The molecule has 0 bridgehead atoms. The molecule has 2 aromatic rings. The summed E-state index contributed by atoms with van der Waals surface area (Å²) in [6.07, 6.45) is 2.70. The summed E-state index contributed by atoms with van der Waals surface area (Å²) in [6.45, 7) is 1.36. The van der Waals surface area contributed by atoms with Gasteiger partial charge in [-0.3, -0.25) is 4.98 Å². The first-order valence-electron chi connectivity index (χ1n) is 5.97. The molecule has 4 heteroatoms. The average Bonchev–Trinajstić information content (AvgIpc) is 2.41. The number of aromatic nitrogens is 2. The fourth-order valence-corrected chi connectivity index (χ4v) is 1.67. The van der Waals surface area contributed by atoms with Crippen molar-refractivity contribution in [2.24, 2.45) is 0 Å². The van der Waals surface area contributed by atoms with Gasteiger partial charge in [0.1, 0.15) is 5.82 Å². The summed E-state index contributed by atoms with van der Waals surface area (Å²) in [7, 11) is 1.67. The lowest BCUT2D eigenvalue weighted by Crippen LogP contribution is -2.08. The number of methoxy groups -OCH3 is 1. The largest absolute Gasteiger partial charge is 0.378 e. The van der Waals surface area contributed by atoms with Gasteiger partial charge in [0.25, 0.3) is 0 Å². The normalized spacial score (nSPS) is 10.3. The minimum absolute atomic E-state index is 0.537. The second kappa shape index (κ2) is 6.71. The first-order chi connectivity index (χ1) is 8.88. The van der Waals surface area contributed by atoms with Crippen molar-refractivity contribution in [3.05, 3.63) is 54.0 Å².